The Hall–Kier alpha value is -1.33. The zero-order valence-electron chi connectivity index (χ0n) is 12.2. The molecule has 2 aromatic rings. The molecule has 0 radical (unpaired) electrons. The van der Waals surface area contributed by atoms with Crippen molar-refractivity contribution in [3.8, 4) is 0 Å². The zero-order valence-corrected chi connectivity index (χ0v) is 13.0. The summed E-state index contributed by atoms with van der Waals surface area (Å²) >= 11 is 1.54. The van der Waals surface area contributed by atoms with Crippen molar-refractivity contribution in [3.63, 3.8) is 0 Å². The molecule has 1 aromatic heterocycles. The van der Waals surface area contributed by atoms with E-state index in [4.69, 9.17) is 10.2 Å². The van der Waals surface area contributed by atoms with Crippen LogP contribution in [0.15, 0.2) is 33.9 Å². The monoisotopic (exact) mass is 291 g/mol. The molecule has 0 saturated carbocycles. The number of nitrogens with two attached hydrogens (primary N) is 1. The SMILES string of the molecule is CCC(C)[C@H](N)c1nnc(SCc2ccc(C)cc2)o1. The summed E-state index contributed by atoms with van der Waals surface area (Å²) in [6.07, 6.45) is 0.995. The highest BCUT2D eigenvalue weighted by molar-refractivity contribution is 7.98. The third-order valence-corrected chi connectivity index (χ3v) is 4.34. The topological polar surface area (TPSA) is 64.9 Å². The lowest BCUT2D eigenvalue weighted by molar-refractivity contribution is 0.333. The van der Waals surface area contributed by atoms with Crippen LogP contribution >= 0.6 is 11.8 Å². The maximum Gasteiger partial charge on any atom is 0.276 e. The van der Waals surface area contributed by atoms with E-state index in [0.717, 1.165) is 12.2 Å². The van der Waals surface area contributed by atoms with Crippen LogP contribution in [0.2, 0.25) is 0 Å². The van der Waals surface area contributed by atoms with Gasteiger partial charge >= 0.3 is 0 Å². The van der Waals surface area contributed by atoms with Gasteiger partial charge in [-0.2, -0.15) is 0 Å². The smallest absolute Gasteiger partial charge is 0.276 e. The van der Waals surface area contributed by atoms with E-state index >= 15 is 0 Å². The first-order valence-corrected chi connectivity index (χ1v) is 7.86. The second-order valence-electron chi connectivity index (χ2n) is 5.09. The molecule has 1 unspecified atom stereocenters. The summed E-state index contributed by atoms with van der Waals surface area (Å²) < 4.78 is 5.63. The number of aromatic nitrogens is 2. The van der Waals surface area contributed by atoms with Gasteiger partial charge in [0, 0.05) is 5.75 Å². The first-order chi connectivity index (χ1) is 9.60. The molecule has 5 heteroatoms. The average molecular weight is 291 g/mol. The lowest BCUT2D eigenvalue weighted by Crippen LogP contribution is -2.18. The largest absolute Gasteiger partial charge is 0.414 e. The first kappa shape index (κ1) is 15.1. The minimum atomic E-state index is -0.179. The van der Waals surface area contributed by atoms with E-state index in [0.29, 0.717) is 17.0 Å². The van der Waals surface area contributed by atoms with Crippen molar-refractivity contribution in [1.29, 1.82) is 0 Å². The molecule has 20 heavy (non-hydrogen) atoms. The lowest BCUT2D eigenvalue weighted by atomic mass is 10.0. The second-order valence-corrected chi connectivity index (χ2v) is 6.02. The first-order valence-electron chi connectivity index (χ1n) is 6.87. The summed E-state index contributed by atoms with van der Waals surface area (Å²) in [4.78, 5) is 0. The van der Waals surface area contributed by atoms with Gasteiger partial charge in [0.05, 0.1) is 6.04 Å². The Labute approximate surface area is 124 Å². The van der Waals surface area contributed by atoms with Gasteiger partial charge in [0.2, 0.25) is 5.89 Å². The number of benzene rings is 1. The molecule has 2 atom stereocenters. The van der Waals surface area contributed by atoms with Crippen LogP contribution in [0.25, 0.3) is 0 Å². The molecular formula is C15H21N3OS. The van der Waals surface area contributed by atoms with Gasteiger partial charge < -0.3 is 10.2 Å². The van der Waals surface area contributed by atoms with Crippen molar-refractivity contribution in [2.45, 2.75) is 44.2 Å². The van der Waals surface area contributed by atoms with Crippen molar-refractivity contribution in [1.82, 2.24) is 10.2 Å². The Morgan fingerprint density at radius 1 is 1.25 bits per heavy atom. The summed E-state index contributed by atoms with van der Waals surface area (Å²) in [6, 6.07) is 8.26. The zero-order chi connectivity index (χ0) is 14.5. The number of hydrogen-bond acceptors (Lipinski definition) is 5. The maximum absolute atomic E-state index is 6.08. The molecule has 0 bridgehead atoms. The van der Waals surface area contributed by atoms with Crippen LogP contribution in [-0.2, 0) is 5.75 Å². The summed E-state index contributed by atoms with van der Waals surface area (Å²) in [5.41, 5.74) is 8.59. The van der Waals surface area contributed by atoms with Gasteiger partial charge in [-0.05, 0) is 18.4 Å². The standard InChI is InChI=1S/C15H21N3OS/c1-4-11(3)13(16)14-17-18-15(19-14)20-9-12-7-5-10(2)6-8-12/h5-8,11,13H,4,9,16H2,1-3H3/t11?,13-/m0/s1. The quantitative estimate of drug-likeness (QED) is 0.822. The van der Waals surface area contributed by atoms with Crippen LogP contribution in [0.3, 0.4) is 0 Å². The van der Waals surface area contributed by atoms with Crippen molar-refractivity contribution < 1.29 is 4.42 Å². The van der Waals surface area contributed by atoms with Crippen molar-refractivity contribution in [2.24, 2.45) is 11.7 Å². The highest BCUT2D eigenvalue weighted by Crippen LogP contribution is 2.26. The molecule has 0 aliphatic carbocycles. The van der Waals surface area contributed by atoms with Crippen molar-refractivity contribution in [3.05, 3.63) is 41.3 Å². The Kier molecular flexibility index (Phi) is 5.20. The highest BCUT2D eigenvalue weighted by Gasteiger charge is 2.19. The van der Waals surface area contributed by atoms with E-state index in [1.54, 1.807) is 11.8 Å². The fourth-order valence-corrected chi connectivity index (χ4v) is 2.47. The molecule has 2 rings (SSSR count). The minimum absolute atomic E-state index is 0.179. The van der Waals surface area contributed by atoms with Gasteiger partial charge in [-0.25, -0.2) is 0 Å². The number of nitrogens with zero attached hydrogens (tertiary/aromatic N) is 2. The molecule has 2 N–H and O–H groups in total. The summed E-state index contributed by atoms with van der Waals surface area (Å²) in [5, 5.41) is 8.68. The van der Waals surface area contributed by atoms with Crippen LogP contribution in [0.1, 0.15) is 43.3 Å². The fourth-order valence-electron chi connectivity index (χ4n) is 1.74. The predicted molar refractivity (Wildman–Crippen MR) is 81.4 cm³/mol. The van der Waals surface area contributed by atoms with E-state index in [1.165, 1.54) is 11.1 Å². The minimum Gasteiger partial charge on any atom is -0.414 e. The Balaban J connectivity index is 1.94. The van der Waals surface area contributed by atoms with Gasteiger partial charge in [-0.1, -0.05) is 61.9 Å². The van der Waals surface area contributed by atoms with Crippen LogP contribution in [0.5, 0.6) is 0 Å². The highest BCUT2D eigenvalue weighted by atomic mass is 32.2. The summed E-state index contributed by atoms with van der Waals surface area (Å²) in [6.45, 7) is 6.28. The molecule has 4 nitrogen and oxygen atoms in total. The van der Waals surface area contributed by atoms with Gasteiger partial charge in [0.25, 0.3) is 5.22 Å². The molecule has 1 heterocycles. The molecule has 0 fully saturated rings. The van der Waals surface area contributed by atoms with E-state index in [1.807, 2.05) is 0 Å². The molecule has 0 aliphatic rings. The van der Waals surface area contributed by atoms with Crippen LogP contribution in [-0.4, -0.2) is 10.2 Å². The van der Waals surface area contributed by atoms with Crippen LogP contribution < -0.4 is 5.73 Å². The third kappa shape index (κ3) is 3.84. The van der Waals surface area contributed by atoms with E-state index < -0.39 is 0 Å². The second kappa shape index (κ2) is 6.90. The average Bonchev–Trinajstić information content (AvgIpc) is 2.94. The van der Waals surface area contributed by atoms with Crippen LogP contribution in [0, 0.1) is 12.8 Å². The molecule has 0 amide bonds. The predicted octanol–water partition coefficient (Wildman–Crippen LogP) is 3.72. The van der Waals surface area contributed by atoms with E-state index in [2.05, 4.69) is 55.2 Å². The molecule has 0 aliphatic heterocycles. The number of thioether (sulfide) groups is 1. The lowest BCUT2D eigenvalue weighted by Gasteiger charge is -2.13. The Morgan fingerprint density at radius 3 is 2.60 bits per heavy atom. The van der Waals surface area contributed by atoms with Gasteiger partial charge in [-0.3, -0.25) is 0 Å². The number of hydrogen-bond donors (Lipinski definition) is 1. The number of rotatable bonds is 6. The molecule has 0 saturated heterocycles. The number of aryl methyl sites for hydroxylation is 1. The molecule has 108 valence electrons. The van der Waals surface area contributed by atoms with Gasteiger partial charge in [-0.15, -0.1) is 10.2 Å². The third-order valence-electron chi connectivity index (χ3n) is 3.45. The van der Waals surface area contributed by atoms with Gasteiger partial charge in [0.1, 0.15) is 0 Å². The summed E-state index contributed by atoms with van der Waals surface area (Å²) in [5.74, 6) is 1.69. The van der Waals surface area contributed by atoms with E-state index in [9.17, 15) is 0 Å². The molecular weight excluding hydrogens is 270 g/mol. The van der Waals surface area contributed by atoms with Crippen molar-refractivity contribution in [2.75, 3.05) is 0 Å². The molecule has 1 aromatic carbocycles. The van der Waals surface area contributed by atoms with Crippen LogP contribution in [0.4, 0.5) is 0 Å². The van der Waals surface area contributed by atoms with Crippen molar-refractivity contribution >= 4 is 11.8 Å². The normalized spacial score (nSPS) is 14.2. The van der Waals surface area contributed by atoms with Gasteiger partial charge in [0.15, 0.2) is 0 Å². The summed E-state index contributed by atoms with van der Waals surface area (Å²) in [7, 11) is 0. The Morgan fingerprint density at radius 2 is 1.95 bits per heavy atom. The maximum atomic E-state index is 6.08. The Bertz CT molecular complexity index is 538. The fraction of sp³-hybridized carbons (Fsp3) is 0.467. The van der Waals surface area contributed by atoms with E-state index in [-0.39, 0.29) is 6.04 Å². The molecule has 0 spiro atoms.